The maximum atomic E-state index is 6.61. The summed E-state index contributed by atoms with van der Waals surface area (Å²) < 4.78 is 2.43. The highest BCUT2D eigenvalue weighted by Gasteiger charge is 2.29. The lowest BCUT2D eigenvalue weighted by Crippen LogP contribution is -2.40. The van der Waals surface area contributed by atoms with Crippen LogP contribution in [0.3, 0.4) is 0 Å². The van der Waals surface area contributed by atoms with Crippen molar-refractivity contribution < 1.29 is 0 Å². The summed E-state index contributed by atoms with van der Waals surface area (Å²) in [5, 5.41) is 1.33. The predicted molar refractivity (Wildman–Crippen MR) is 126 cm³/mol. The quantitative estimate of drug-likeness (QED) is 0.406. The zero-order chi connectivity index (χ0) is 20.7. The first-order valence-electron chi connectivity index (χ1n) is 10.7. The third-order valence-corrected chi connectivity index (χ3v) is 6.68. The van der Waals surface area contributed by atoms with E-state index in [0.29, 0.717) is 16.1 Å². The fourth-order valence-electron chi connectivity index (χ4n) is 4.91. The number of nitrogens with zero attached hydrogens (tertiary/aromatic N) is 3. The van der Waals surface area contributed by atoms with Crippen LogP contribution in [0.4, 0.5) is 5.69 Å². The smallest absolute Gasteiger partial charge is 0.0987 e. The van der Waals surface area contributed by atoms with E-state index in [4.69, 9.17) is 28.2 Å². The number of anilines is 1. The molecule has 0 aliphatic carbocycles. The second-order valence-corrected chi connectivity index (χ2v) is 8.98. The summed E-state index contributed by atoms with van der Waals surface area (Å²) in [6.45, 7) is 10.9. The Hall–Kier alpha value is -1.71. The molecule has 0 N–H and O–H groups in total. The highest BCUT2D eigenvalue weighted by molar-refractivity contribution is 6.36. The van der Waals surface area contributed by atoms with Gasteiger partial charge < -0.3 is 9.47 Å². The standard InChI is InChI=1S/C24H29Cl2N3/c1-5-7-18(8-6-2)29-12-11-28-16(4)22(19-10-9-17(25)14-20(19)26)23-24(28)21(29)13-15(3)27-23/h9-10,13-14,18H,5-8,11-12H2,1-4H3. The number of aryl methyl sites for hydroxylation is 1. The summed E-state index contributed by atoms with van der Waals surface area (Å²) in [6.07, 6.45) is 4.87. The lowest BCUT2D eigenvalue weighted by atomic mass is 10.0. The minimum atomic E-state index is 0.585. The second kappa shape index (κ2) is 8.20. The van der Waals surface area contributed by atoms with Crippen molar-refractivity contribution in [1.82, 2.24) is 9.55 Å². The van der Waals surface area contributed by atoms with Gasteiger partial charge in [-0.2, -0.15) is 0 Å². The molecule has 0 saturated heterocycles. The molecule has 0 amide bonds. The predicted octanol–water partition coefficient (Wildman–Crippen LogP) is 7.42. The Balaban J connectivity index is 1.96. The molecule has 0 spiro atoms. The second-order valence-electron chi connectivity index (χ2n) is 8.14. The zero-order valence-electron chi connectivity index (χ0n) is 17.7. The van der Waals surface area contributed by atoms with E-state index in [2.05, 4.69) is 43.2 Å². The average molecular weight is 430 g/mol. The van der Waals surface area contributed by atoms with Crippen LogP contribution in [0, 0.1) is 13.8 Å². The van der Waals surface area contributed by atoms with Gasteiger partial charge in [0.1, 0.15) is 0 Å². The molecule has 154 valence electrons. The molecular formula is C24H29Cl2N3. The topological polar surface area (TPSA) is 21.1 Å². The van der Waals surface area contributed by atoms with E-state index in [1.54, 1.807) is 0 Å². The van der Waals surface area contributed by atoms with Gasteiger partial charge in [-0.05, 0) is 44.9 Å². The lowest BCUT2D eigenvalue weighted by Gasteiger charge is -2.38. The van der Waals surface area contributed by atoms with Gasteiger partial charge in [-0.25, -0.2) is 0 Å². The fourth-order valence-corrected chi connectivity index (χ4v) is 5.41. The maximum Gasteiger partial charge on any atom is 0.0987 e. The van der Waals surface area contributed by atoms with Crippen molar-refractivity contribution in [1.29, 1.82) is 0 Å². The first-order valence-corrected chi connectivity index (χ1v) is 11.4. The van der Waals surface area contributed by atoms with E-state index >= 15 is 0 Å². The van der Waals surface area contributed by atoms with E-state index in [1.807, 2.05) is 18.2 Å². The van der Waals surface area contributed by atoms with Gasteiger partial charge in [0.15, 0.2) is 0 Å². The van der Waals surface area contributed by atoms with Crippen molar-refractivity contribution in [2.75, 3.05) is 11.4 Å². The number of aromatic nitrogens is 2. The number of benzene rings is 1. The Morgan fingerprint density at radius 1 is 1.03 bits per heavy atom. The van der Waals surface area contributed by atoms with E-state index in [9.17, 15) is 0 Å². The molecule has 4 rings (SSSR count). The summed E-state index contributed by atoms with van der Waals surface area (Å²) in [7, 11) is 0. The Kier molecular flexibility index (Phi) is 5.81. The molecule has 0 saturated carbocycles. The number of hydrogen-bond acceptors (Lipinski definition) is 2. The third-order valence-electron chi connectivity index (χ3n) is 6.13. The van der Waals surface area contributed by atoms with Crippen molar-refractivity contribution in [2.24, 2.45) is 0 Å². The van der Waals surface area contributed by atoms with Crippen LogP contribution >= 0.6 is 23.2 Å². The number of hydrogen-bond donors (Lipinski definition) is 0. The fraction of sp³-hybridized carbons (Fsp3) is 0.458. The van der Waals surface area contributed by atoms with Gasteiger partial charge in [-0.15, -0.1) is 0 Å². The summed E-state index contributed by atoms with van der Waals surface area (Å²) in [6, 6.07) is 8.60. The van der Waals surface area contributed by atoms with Crippen molar-refractivity contribution in [3.8, 4) is 11.1 Å². The SMILES string of the molecule is CCCC(CCC)N1CCn2c(C)c(-c3ccc(Cl)cc3Cl)c3nc(C)cc1c32. The molecule has 0 radical (unpaired) electrons. The van der Waals surface area contributed by atoms with E-state index in [-0.39, 0.29) is 0 Å². The van der Waals surface area contributed by atoms with E-state index in [1.165, 1.54) is 42.6 Å². The van der Waals surface area contributed by atoms with Crippen LogP contribution in [0.15, 0.2) is 24.3 Å². The highest BCUT2D eigenvalue weighted by Crippen LogP contribution is 2.43. The zero-order valence-corrected chi connectivity index (χ0v) is 19.2. The maximum absolute atomic E-state index is 6.61. The molecule has 2 aromatic heterocycles. The van der Waals surface area contributed by atoms with E-state index < -0.39 is 0 Å². The van der Waals surface area contributed by atoms with Crippen LogP contribution in [0.5, 0.6) is 0 Å². The van der Waals surface area contributed by atoms with Crippen LogP contribution in [0.1, 0.15) is 50.9 Å². The summed E-state index contributed by atoms with van der Waals surface area (Å²) in [5.74, 6) is 0. The molecular weight excluding hydrogens is 401 g/mol. The molecule has 0 atom stereocenters. The molecule has 5 heteroatoms. The van der Waals surface area contributed by atoms with E-state index in [0.717, 1.165) is 35.4 Å². The molecule has 0 unspecified atom stereocenters. The number of pyridine rings is 1. The van der Waals surface area contributed by atoms with Crippen LogP contribution in [0.25, 0.3) is 22.2 Å². The summed E-state index contributed by atoms with van der Waals surface area (Å²) in [5.41, 5.74) is 8.05. The monoisotopic (exact) mass is 429 g/mol. The number of halogens is 2. The van der Waals surface area contributed by atoms with Crippen LogP contribution < -0.4 is 4.90 Å². The highest BCUT2D eigenvalue weighted by atomic mass is 35.5. The molecule has 3 aromatic rings. The summed E-state index contributed by atoms with van der Waals surface area (Å²) in [4.78, 5) is 7.62. The molecule has 1 aromatic carbocycles. The molecule has 3 heterocycles. The van der Waals surface area contributed by atoms with Crippen LogP contribution in [-0.2, 0) is 6.54 Å². The molecule has 1 aliphatic rings. The van der Waals surface area contributed by atoms with Crippen molar-refractivity contribution in [3.63, 3.8) is 0 Å². The average Bonchev–Trinajstić information content (AvgIpc) is 2.95. The van der Waals surface area contributed by atoms with Gasteiger partial charge in [0, 0.05) is 46.7 Å². The first kappa shape index (κ1) is 20.6. The Bertz CT molecular complexity index is 1050. The van der Waals surface area contributed by atoms with Gasteiger partial charge in [-0.3, -0.25) is 4.98 Å². The Morgan fingerprint density at radius 2 is 1.76 bits per heavy atom. The third kappa shape index (κ3) is 3.53. The molecule has 0 fully saturated rings. The molecule has 0 bridgehead atoms. The Morgan fingerprint density at radius 3 is 2.41 bits per heavy atom. The minimum absolute atomic E-state index is 0.585. The number of rotatable bonds is 6. The largest absolute Gasteiger partial charge is 0.365 e. The van der Waals surface area contributed by atoms with Crippen molar-refractivity contribution >= 4 is 39.9 Å². The first-order chi connectivity index (χ1) is 14.0. The molecule has 1 aliphatic heterocycles. The van der Waals surface area contributed by atoms with Gasteiger partial charge in [0.05, 0.1) is 21.7 Å². The molecule has 3 nitrogen and oxygen atoms in total. The van der Waals surface area contributed by atoms with Gasteiger partial charge in [0.2, 0.25) is 0 Å². The van der Waals surface area contributed by atoms with Crippen molar-refractivity contribution in [3.05, 3.63) is 45.7 Å². The summed E-state index contributed by atoms with van der Waals surface area (Å²) >= 11 is 12.8. The van der Waals surface area contributed by atoms with Gasteiger partial charge in [0.25, 0.3) is 0 Å². The normalized spacial score (nSPS) is 13.7. The van der Waals surface area contributed by atoms with Crippen LogP contribution in [-0.4, -0.2) is 22.1 Å². The molecule has 29 heavy (non-hydrogen) atoms. The minimum Gasteiger partial charge on any atom is -0.365 e. The van der Waals surface area contributed by atoms with Crippen LogP contribution in [0.2, 0.25) is 10.0 Å². The lowest BCUT2D eigenvalue weighted by molar-refractivity contribution is 0.482. The Labute approximate surface area is 183 Å². The van der Waals surface area contributed by atoms with Crippen molar-refractivity contribution in [2.45, 2.75) is 66.0 Å². The van der Waals surface area contributed by atoms with Gasteiger partial charge >= 0.3 is 0 Å². The van der Waals surface area contributed by atoms with Gasteiger partial charge in [-0.1, -0.05) is 56.0 Å².